The van der Waals surface area contributed by atoms with Gasteiger partial charge in [-0.1, -0.05) is 0 Å². The van der Waals surface area contributed by atoms with Gasteiger partial charge >= 0.3 is 0 Å². The van der Waals surface area contributed by atoms with Gasteiger partial charge < -0.3 is 5.32 Å². The molecule has 16 heavy (non-hydrogen) atoms. The highest BCUT2D eigenvalue weighted by Gasteiger charge is 2.17. The molecule has 0 bridgehead atoms. The molecule has 88 valence electrons. The van der Waals surface area contributed by atoms with Gasteiger partial charge in [0.1, 0.15) is 5.82 Å². The quantitative estimate of drug-likeness (QED) is 0.769. The zero-order valence-electron chi connectivity index (χ0n) is 8.90. The predicted octanol–water partition coefficient (Wildman–Crippen LogP) is 2.65. The second kappa shape index (κ2) is 4.87. The van der Waals surface area contributed by atoms with E-state index in [2.05, 4.69) is 5.32 Å². The third-order valence-electron chi connectivity index (χ3n) is 3.06. The van der Waals surface area contributed by atoms with Gasteiger partial charge in [0.2, 0.25) is 0 Å². The Morgan fingerprint density at radius 3 is 2.31 bits per heavy atom. The Bertz CT molecular complexity index is 373. The van der Waals surface area contributed by atoms with E-state index in [0.717, 1.165) is 32.0 Å². The number of halogens is 3. The first-order valence-corrected chi connectivity index (χ1v) is 5.51. The van der Waals surface area contributed by atoms with Crippen molar-refractivity contribution in [2.45, 2.75) is 19.3 Å². The lowest BCUT2D eigenvalue weighted by atomic mass is 9.91. The van der Waals surface area contributed by atoms with Crippen LogP contribution in [0.2, 0.25) is 0 Å². The van der Waals surface area contributed by atoms with Gasteiger partial charge in [-0.25, -0.2) is 13.2 Å². The van der Waals surface area contributed by atoms with E-state index in [1.165, 1.54) is 0 Å². The van der Waals surface area contributed by atoms with E-state index in [0.29, 0.717) is 18.4 Å². The molecule has 0 radical (unpaired) electrons. The Morgan fingerprint density at radius 2 is 1.62 bits per heavy atom. The summed E-state index contributed by atoms with van der Waals surface area (Å²) in [5, 5.41) is 3.21. The first kappa shape index (κ1) is 11.5. The summed E-state index contributed by atoms with van der Waals surface area (Å²) in [6.07, 6.45) is 2.40. The Morgan fingerprint density at radius 1 is 1.00 bits per heavy atom. The molecule has 1 aliphatic rings. The van der Waals surface area contributed by atoms with Gasteiger partial charge in [-0.15, -0.1) is 0 Å². The largest absolute Gasteiger partial charge is 0.317 e. The van der Waals surface area contributed by atoms with Crippen molar-refractivity contribution in [3.63, 3.8) is 0 Å². The van der Waals surface area contributed by atoms with Crippen molar-refractivity contribution in [1.29, 1.82) is 0 Å². The first-order valence-electron chi connectivity index (χ1n) is 5.51. The average molecular weight is 229 g/mol. The van der Waals surface area contributed by atoms with Gasteiger partial charge in [0.15, 0.2) is 11.6 Å². The van der Waals surface area contributed by atoms with Crippen molar-refractivity contribution in [2.75, 3.05) is 13.1 Å². The molecule has 1 nitrogen and oxygen atoms in total. The summed E-state index contributed by atoms with van der Waals surface area (Å²) in [4.78, 5) is 0. The minimum atomic E-state index is -1.12. The van der Waals surface area contributed by atoms with Gasteiger partial charge in [-0.05, 0) is 49.9 Å². The van der Waals surface area contributed by atoms with Crippen LogP contribution in [0.25, 0.3) is 0 Å². The molecule has 1 fully saturated rings. The van der Waals surface area contributed by atoms with E-state index in [-0.39, 0.29) is 5.56 Å². The molecular formula is C12H14F3N. The number of hydrogen-bond donors (Lipinski definition) is 1. The van der Waals surface area contributed by atoms with Crippen LogP contribution in [0.1, 0.15) is 18.4 Å². The molecule has 1 aliphatic heterocycles. The van der Waals surface area contributed by atoms with Gasteiger partial charge in [0.25, 0.3) is 0 Å². The Kier molecular flexibility index (Phi) is 3.49. The van der Waals surface area contributed by atoms with Crippen LogP contribution in [0.4, 0.5) is 13.2 Å². The molecule has 0 aliphatic carbocycles. The summed E-state index contributed by atoms with van der Waals surface area (Å²) in [6, 6.07) is 1.61. The highest BCUT2D eigenvalue weighted by Crippen LogP contribution is 2.21. The summed E-state index contributed by atoms with van der Waals surface area (Å²) in [5.74, 6) is -2.37. The highest BCUT2D eigenvalue weighted by atomic mass is 19.2. The minimum Gasteiger partial charge on any atom is -0.317 e. The monoisotopic (exact) mass is 229 g/mol. The van der Waals surface area contributed by atoms with Crippen LogP contribution in [0.15, 0.2) is 12.1 Å². The smallest absolute Gasteiger partial charge is 0.161 e. The number of hydrogen-bond acceptors (Lipinski definition) is 1. The molecule has 0 amide bonds. The number of benzene rings is 1. The lowest BCUT2D eigenvalue weighted by molar-refractivity contribution is 0.367. The van der Waals surface area contributed by atoms with E-state index >= 15 is 0 Å². The van der Waals surface area contributed by atoms with E-state index in [9.17, 15) is 13.2 Å². The number of piperidine rings is 1. The highest BCUT2D eigenvalue weighted by molar-refractivity contribution is 5.20. The Labute approximate surface area is 92.7 Å². The van der Waals surface area contributed by atoms with Gasteiger partial charge in [0, 0.05) is 6.07 Å². The van der Waals surface area contributed by atoms with Crippen LogP contribution in [0, 0.1) is 23.4 Å². The van der Waals surface area contributed by atoms with Gasteiger partial charge in [-0.2, -0.15) is 0 Å². The van der Waals surface area contributed by atoms with Gasteiger partial charge in [-0.3, -0.25) is 0 Å². The minimum absolute atomic E-state index is 0.283. The molecule has 0 aromatic heterocycles. The lowest BCUT2D eigenvalue weighted by Crippen LogP contribution is -2.28. The zero-order chi connectivity index (χ0) is 11.5. The van der Waals surface area contributed by atoms with Crippen LogP contribution in [0.3, 0.4) is 0 Å². The molecule has 1 aromatic carbocycles. The summed E-state index contributed by atoms with van der Waals surface area (Å²) >= 11 is 0. The van der Waals surface area contributed by atoms with E-state index in [4.69, 9.17) is 0 Å². The third-order valence-corrected chi connectivity index (χ3v) is 3.06. The predicted molar refractivity (Wildman–Crippen MR) is 55.6 cm³/mol. The van der Waals surface area contributed by atoms with Crippen LogP contribution in [0.5, 0.6) is 0 Å². The standard InChI is InChI=1S/C12H14F3N/c13-10-7-12(15)11(14)6-9(10)5-8-1-3-16-4-2-8/h6-8,16H,1-5H2. The molecule has 4 heteroatoms. The molecule has 1 N–H and O–H groups in total. The van der Waals surface area contributed by atoms with Crippen molar-refractivity contribution in [2.24, 2.45) is 5.92 Å². The van der Waals surface area contributed by atoms with Crippen LogP contribution >= 0.6 is 0 Å². The first-order chi connectivity index (χ1) is 7.66. The van der Waals surface area contributed by atoms with Crippen LogP contribution < -0.4 is 5.32 Å². The fourth-order valence-electron chi connectivity index (χ4n) is 2.12. The summed E-state index contributed by atoms with van der Waals surface area (Å²) < 4.78 is 39.0. The number of nitrogens with one attached hydrogen (secondary N) is 1. The molecule has 0 spiro atoms. The lowest BCUT2D eigenvalue weighted by Gasteiger charge is -2.22. The molecule has 2 rings (SSSR count). The van der Waals surface area contributed by atoms with E-state index in [1.54, 1.807) is 0 Å². The van der Waals surface area contributed by atoms with Crippen LogP contribution in [-0.4, -0.2) is 13.1 Å². The normalized spacial score (nSPS) is 17.7. The van der Waals surface area contributed by atoms with Crippen molar-refractivity contribution in [1.82, 2.24) is 5.32 Å². The summed E-state index contributed by atoms with van der Waals surface area (Å²) in [7, 11) is 0. The molecule has 0 saturated carbocycles. The number of rotatable bonds is 2. The maximum absolute atomic E-state index is 13.4. The fraction of sp³-hybridized carbons (Fsp3) is 0.500. The maximum atomic E-state index is 13.4. The van der Waals surface area contributed by atoms with Crippen molar-refractivity contribution >= 4 is 0 Å². The topological polar surface area (TPSA) is 12.0 Å². The average Bonchev–Trinajstić information content (AvgIpc) is 2.27. The van der Waals surface area contributed by atoms with Gasteiger partial charge in [0.05, 0.1) is 0 Å². The van der Waals surface area contributed by atoms with Crippen molar-refractivity contribution in [3.8, 4) is 0 Å². The molecule has 1 aromatic rings. The Balaban J connectivity index is 2.11. The second-order valence-electron chi connectivity index (χ2n) is 4.26. The molecule has 0 atom stereocenters. The summed E-state index contributed by atoms with van der Waals surface area (Å²) in [6.45, 7) is 1.83. The van der Waals surface area contributed by atoms with E-state index < -0.39 is 17.5 Å². The third kappa shape index (κ3) is 2.55. The molecular weight excluding hydrogens is 215 g/mol. The SMILES string of the molecule is Fc1cc(F)c(CC2CCNCC2)cc1F. The molecule has 1 heterocycles. The zero-order valence-corrected chi connectivity index (χ0v) is 8.90. The fourth-order valence-corrected chi connectivity index (χ4v) is 2.12. The second-order valence-corrected chi connectivity index (χ2v) is 4.26. The summed E-state index contributed by atoms with van der Waals surface area (Å²) in [5.41, 5.74) is 0.283. The maximum Gasteiger partial charge on any atom is 0.161 e. The molecule has 1 saturated heterocycles. The van der Waals surface area contributed by atoms with Crippen molar-refractivity contribution in [3.05, 3.63) is 35.1 Å². The van der Waals surface area contributed by atoms with Crippen molar-refractivity contribution < 1.29 is 13.2 Å². The van der Waals surface area contributed by atoms with E-state index in [1.807, 2.05) is 0 Å². The molecule has 0 unspecified atom stereocenters. The van der Waals surface area contributed by atoms with Crippen LogP contribution in [-0.2, 0) is 6.42 Å². The Hall–Kier alpha value is -1.03.